The van der Waals surface area contributed by atoms with Gasteiger partial charge in [-0.2, -0.15) is 0 Å². The summed E-state index contributed by atoms with van der Waals surface area (Å²) in [5.74, 6) is 2.07. The molecule has 29 heavy (non-hydrogen) atoms. The third-order valence-electron chi connectivity index (χ3n) is 6.00. The summed E-state index contributed by atoms with van der Waals surface area (Å²) in [5.41, 5.74) is 5.18. The highest BCUT2D eigenvalue weighted by molar-refractivity contribution is 5.79. The van der Waals surface area contributed by atoms with Crippen molar-refractivity contribution in [3.63, 3.8) is 0 Å². The normalized spacial score (nSPS) is 14.0. The van der Waals surface area contributed by atoms with Gasteiger partial charge in [-0.25, -0.2) is 4.98 Å². The zero-order valence-electron chi connectivity index (χ0n) is 17.5. The maximum atomic E-state index is 13.0. The third-order valence-corrected chi connectivity index (χ3v) is 6.00. The quantitative estimate of drug-likeness (QED) is 0.582. The Morgan fingerprint density at radius 3 is 2.59 bits per heavy atom. The first-order valence-corrected chi connectivity index (χ1v) is 10.4. The number of imidazole rings is 1. The molecule has 1 aromatic carbocycles. The van der Waals surface area contributed by atoms with E-state index in [1.165, 1.54) is 22.3 Å². The molecule has 0 saturated heterocycles. The minimum atomic E-state index is 0.148. The van der Waals surface area contributed by atoms with Crippen molar-refractivity contribution in [2.24, 2.45) is 5.92 Å². The fourth-order valence-electron chi connectivity index (χ4n) is 4.15. The van der Waals surface area contributed by atoms with Gasteiger partial charge in [0, 0.05) is 24.9 Å². The Bertz CT molecular complexity index is 960. The first-order chi connectivity index (χ1) is 14.0. The highest BCUT2D eigenvalue weighted by Gasteiger charge is 2.30. The Labute approximate surface area is 172 Å². The number of furan rings is 1. The van der Waals surface area contributed by atoms with Crippen LogP contribution in [0.2, 0.25) is 0 Å². The average Bonchev–Trinajstić information content (AvgIpc) is 3.28. The van der Waals surface area contributed by atoms with E-state index in [9.17, 15) is 4.79 Å². The summed E-state index contributed by atoms with van der Waals surface area (Å²) in [6.45, 7) is 8.19. The highest BCUT2D eigenvalue weighted by atomic mass is 16.3. The monoisotopic (exact) mass is 391 g/mol. The van der Waals surface area contributed by atoms with E-state index in [1.807, 2.05) is 29.4 Å². The molecule has 152 valence electrons. The highest BCUT2D eigenvalue weighted by Crippen LogP contribution is 2.29. The zero-order valence-corrected chi connectivity index (χ0v) is 17.5. The number of carbonyl (C=O) groups is 1. The van der Waals surface area contributed by atoms with Crippen molar-refractivity contribution < 1.29 is 9.21 Å². The third kappa shape index (κ3) is 4.29. The van der Waals surface area contributed by atoms with Gasteiger partial charge < -0.3 is 13.9 Å². The minimum absolute atomic E-state index is 0.148. The summed E-state index contributed by atoms with van der Waals surface area (Å²) in [6, 6.07) is 8.24. The molecule has 2 aromatic heterocycles. The summed E-state index contributed by atoms with van der Waals surface area (Å²) in [6.07, 6.45) is 8.62. The molecule has 0 N–H and O–H groups in total. The van der Waals surface area contributed by atoms with Gasteiger partial charge in [-0.3, -0.25) is 4.79 Å². The van der Waals surface area contributed by atoms with Crippen LogP contribution in [0.3, 0.4) is 0 Å². The Hall–Kier alpha value is -2.82. The molecule has 1 saturated carbocycles. The van der Waals surface area contributed by atoms with E-state index < -0.39 is 0 Å². The lowest BCUT2D eigenvalue weighted by Crippen LogP contribution is -2.38. The maximum Gasteiger partial charge on any atom is 0.226 e. The molecule has 1 amide bonds. The number of rotatable bonds is 7. The molecule has 1 aliphatic rings. The summed E-state index contributed by atoms with van der Waals surface area (Å²) < 4.78 is 7.67. The molecule has 0 atom stereocenters. The van der Waals surface area contributed by atoms with Crippen LogP contribution in [0, 0.1) is 26.7 Å². The Morgan fingerprint density at radius 1 is 1.21 bits per heavy atom. The molecule has 3 aromatic rings. The number of aryl methyl sites for hydroxylation is 3. The molecule has 2 heterocycles. The summed E-state index contributed by atoms with van der Waals surface area (Å²) in [7, 11) is 0. The topological polar surface area (TPSA) is 51.3 Å². The van der Waals surface area contributed by atoms with Gasteiger partial charge in [0.05, 0.1) is 19.4 Å². The van der Waals surface area contributed by atoms with Crippen molar-refractivity contribution >= 4 is 5.91 Å². The van der Waals surface area contributed by atoms with Crippen LogP contribution in [0.1, 0.15) is 53.1 Å². The van der Waals surface area contributed by atoms with Crippen molar-refractivity contribution in [1.29, 1.82) is 0 Å². The number of benzene rings is 1. The first kappa shape index (κ1) is 19.5. The number of nitrogens with zero attached hydrogens (tertiary/aromatic N) is 3. The van der Waals surface area contributed by atoms with Gasteiger partial charge in [-0.15, -0.1) is 0 Å². The van der Waals surface area contributed by atoms with E-state index in [-0.39, 0.29) is 11.8 Å². The minimum Gasteiger partial charge on any atom is -0.467 e. The Kier molecular flexibility index (Phi) is 5.56. The van der Waals surface area contributed by atoms with E-state index in [2.05, 4.69) is 42.5 Å². The van der Waals surface area contributed by atoms with Crippen LogP contribution in [-0.4, -0.2) is 20.4 Å². The van der Waals surface area contributed by atoms with E-state index in [1.54, 1.807) is 6.26 Å². The number of carbonyl (C=O) groups excluding carboxylic acids is 1. The standard InChI is InChI=1S/C24H29N3O2/c1-17-12-18(2)22(19(3)13-17)15-26-10-9-25-23(26)16-27(14-21-8-5-11-29-21)24(28)20-6-4-7-20/h5,8-13,20H,4,6-7,14-16H2,1-3H3. The molecule has 5 heteroatoms. The summed E-state index contributed by atoms with van der Waals surface area (Å²) >= 11 is 0. The summed E-state index contributed by atoms with van der Waals surface area (Å²) in [5, 5.41) is 0. The van der Waals surface area contributed by atoms with Crippen LogP contribution in [0.4, 0.5) is 0 Å². The van der Waals surface area contributed by atoms with E-state index in [0.717, 1.165) is 37.4 Å². The number of hydrogen-bond acceptors (Lipinski definition) is 3. The van der Waals surface area contributed by atoms with Gasteiger partial charge in [0.25, 0.3) is 0 Å². The molecule has 1 aliphatic carbocycles. The number of hydrogen-bond donors (Lipinski definition) is 0. The largest absolute Gasteiger partial charge is 0.467 e. The number of amides is 1. The van der Waals surface area contributed by atoms with Gasteiger partial charge in [0.2, 0.25) is 5.91 Å². The molecule has 5 nitrogen and oxygen atoms in total. The fraction of sp³-hybridized carbons (Fsp3) is 0.417. The SMILES string of the molecule is Cc1cc(C)c(Cn2ccnc2CN(Cc2ccco2)C(=O)C2CCC2)c(C)c1. The van der Waals surface area contributed by atoms with Gasteiger partial charge in [0.15, 0.2) is 0 Å². The predicted molar refractivity (Wildman–Crippen MR) is 112 cm³/mol. The molecule has 0 aliphatic heterocycles. The lowest BCUT2D eigenvalue weighted by molar-refractivity contribution is -0.139. The van der Waals surface area contributed by atoms with Gasteiger partial charge in [-0.05, 0) is 62.4 Å². The van der Waals surface area contributed by atoms with Crippen molar-refractivity contribution in [3.8, 4) is 0 Å². The molecule has 0 spiro atoms. The predicted octanol–water partition coefficient (Wildman–Crippen LogP) is 4.78. The second kappa shape index (κ2) is 8.27. The van der Waals surface area contributed by atoms with Crippen molar-refractivity contribution in [3.05, 3.63) is 76.8 Å². The van der Waals surface area contributed by atoms with Crippen LogP contribution >= 0.6 is 0 Å². The molecular weight excluding hydrogens is 362 g/mol. The molecule has 4 rings (SSSR count). The number of aromatic nitrogens is 2. The molecule has 0 bridgehead atoms. The summed E-state index contributed by atoms with van der Waals surface area (Å²) in [4.78, 5) is 19.5. The van der Waals surface area contributed by atoms with Crippen LogP contribution in [0.25, 0.3) is 0 Å². The van der Waals surface area contributed by atoms with Crippen LogP contribution in [0.5, 0.6) is 0 Å². The van der Waals surface area contributed by atoms with Crippen molar-refractivity contribution in [1.82, 2.24) is 14.5 Å². The first-order valence-electron chi connectivity index (χ1n) is 10.4. The second-order valence-electron chi connectivity index (χ2n) is 8.25. The molecule has 0 unspecified atom stereocenters. The Balaban J connectivity index is 1.56. The molecular formula is C24H29N3O2. The van der Waals surface area contributed by atoms with E-state index >= 15 is 0 Å². The smallest absolute Gasteiger partial charge is 0.226 e. The van der Waals surface area contributed by atoms with E-state index in [0.29, 0.717) is 13.1 Å². The Morgan fingerprint density at radius 2 is 1.97 bits per heavy atom. The average molecular weight is 392 g/mol. The molecule has 0 radical (unpaired) electrons. The van der Waals surface area contributed by atoms with E-state index in [4.69, 9.17) is 4.42 Å². The van der Waals surface area contributed by atoms with Crippen molar-refractivity contribution in [2.45, 2.75) is 59.7 Å². The van der Waals surface area contributed by atoms with Crippen molar-refractivity contribution in [2.75, 3.05) is 0 Å². The maximum absolute atomic E-state index is 13.0. The van der Waals surface area contributed by atoms with Gasteiger partial charge in [-0.1, -0.05) is 24.1 Å². The second-order valence-corrected chi connectivity index (χ2v) is 8.25. The van der Waals surface area contributed by atoms with Gasteiger partial charge in [0.1, 0.15) is 11.6 Å². The molecule has 1 fully saturated rings. The van der Waals surface area contributed by atoms with Crippen LogP contribution in [-0.2, 0) is 24.4 Å². The van der Waals surface area contributed by atoms with Crippen LogP contribution < -0.4 is 0 Å². The van der Waals surface area contributed by atoms with Crippen LogP contribution in [0.15, 0.2) is 47.3 Å². The lowest BCUT2D eigenvalue weighted by atomic mass is 9.84. The fourth-order valence-corrected chi connectivity index (χ4v) is 4.15. The van der Waals surface area contributed by atoms with Gasteiger partial charge >= 0.3 is 0 Å². The lowest BCUT2D eigenvalue weighted by Gasteiger charge is -2.31. The zero-order chi connectivity index (χ0) is 20.4.